The van der Waals surface area contributed by atoms with Crippen molar-refractivity contribution in [1.29, 1.82) is 0 Å². The third-order valence-electron chi connectivity index (χ3n) is 1.66. The first kappa shape index (κ1) is 11.0. The molecule has 0 bridgehead atoms. The number of rotatable bonds is 5. The van der Waals surface area contributed by atoms with E-state index < -0.39 is 5.97 Å². The number of aliphatic carboxylic acids is 1. The number of hydrogen-bond acceptors (Lipinski definition) is 2. The molecule has 3 nitrogen and oxygen atoms in total. The maximum absolute atomic E-state index is 10.6. The van der Waals surface area contributed by atoms with Crippen molar-refractivity contribution in [3.63, 3.8) is 0 Å². The fourth-order valence-corrected chi connectivity index (χ4v) is 0.964. The first-order valence-electron chi connectivity index (χ1n) is 4.04. The van der Waals surface area contributed by atoms with Gasteiger partial charge in [-0.3, -0.25) is 4.79 Å². The van der Waals surface area contributed by atoms with Crippen LogP contribution in [-0.2, 0) is 4.79 Å². The summed E-state index contributed by atoms with van der Waals surface area (Å²) in [4.78, 5) is 10.6. The second kappa shape index (κ2) is 6.68. The summed E-state index contributed by atoms with van der Waals surface area (Å²) in [7, 11) is 0. The molecular formula is C9H15NO2. The van der Waals surface area contributed by atoms with Crippen LogP contribution in [0.1, 0.15) is 26.2 Å². The minimum Gasteiger partial charge on any atom is -0.481 e. The molecule has 0 aliphatic heterocycles. The zero-order valence-corrected chi connectivity index (χ0v) is 7.34. The number of carbonyl (C=O) groups is 1. The number of carboxylic acid groups (broad SMARTS) is 1. The van der Waals surface area contributed by atoms with E-state index in [1.807, 2.05) is 0 Å². The molecule has 0 heterocycles. The summed E-state index contributed by atoms with van der Waals surface area (Å²) in [6.07, 6.45) is 1.79. The summed E-state index contributed by atoms with van der Waals surface area (Å²) < 4.78 is 0. The summed E-state index contributed by atoms with van der Waals surface area (Å²) in [5, 5.41) is 8.70. The molecule has 0 spiro atoms. The van der Waals surface area contributed by atoms with Crippen molar-refractivity contribution >= 4 is 5.97 Å². The van der Waals surface area contributed by atoms with Gasteiger partial charge >= 0.3 is 5.97 Å². The number of hydrogen-bond donors (Lipinski definition) is 2. The normalized spacial score (nSPS) is 11.5. The topological polar surface area (TPSA) is 63.3 Å². The molecule has 0 aromatic carbocycles. The van der Waals surface area contributed by atoms with E-state index in [1.54, 1.807) is 6.92 Å². The highest BCUT2D eigenvalue weighted by Gasteiger charge is 2.14. The van der Waals surface area contributed by atoms with E-state index in [2.05, 4.69) is 11.8 Å². The van der Waals surface area contributed by atoms with Crippen molar-refractivity contribution in [3.05, 3.63) is 0 Å². The Balaban J connectivity index is 3.76. The molecule has 0 amide bonds. The maximum atomic E-state index is 10.6. The molecule has 1 unspecified atom stereocenters. The molecule has 0 saturated carbocycles. The van der Waals surface area contributed by atoms with Crippen LogP contribution in [-0.4, -0.2) is 17.6 Å². The summed E-state index contributed by atoms with van der Waals surface area (Å²) in [6, 6.07) is 0. The van der Waals surface area contributed by atoms with Crippen LogP contribution in [0, 0.1) is 17.8 Å². The van der Waals surface area contributed by atoms with Crippen molar-refractivity contribution in [2.45, 2.75) is 26.2 Å². The molecule has 0 rings (SSSR count). The minimum atomic E-state index is -0.765. The highest BCUT2D eigenvalue weighted by molar-refractivity contribution is 5.69. The van der Waals surface area contributed by atoms with Gasteiger partial charge < -0.3 is 10.8 Å². The molecule has 0 aromatic rings. The Morgan fingerprint density at radius 3 is 2.67 bits per heavy atom. The summed E-state index contributed by atoms with van der Waals surface area (Å²) in [5.74, 6) is 4.48. The lowest BCUT2D eigenvalue weighted by Gasteiger charge is -2.07. The van der Waals surface area contributed by atoms with Crippen LogP contribution in [0.4, 0.5) is 0 Å². The Bertz CT molecular complexity index is 190. The van der Waals surface area contributed by atoms with E-state index in [0.29, 0.717) is 25.8 Å². The molecule has 0 fully saturated rings. The quantitative estimate of drug-likeness (QED) is 0.599. The molecule has 68 valence electrons. The maximum Gasteiger partial charge on any atom is 0.306 e. The van der Waals surface area contributed by atoms with Crippen LogP contribution >= 0.6 is 0 Å². The molecule has 0 aliphatic carbocycles. The molecule has 0 aromatic heterocycles. The van der Waals surface area contributed by atoms with Gasteiger partial charge in [0, 0.05) is 6.42 Å². The zero-order valence-electron chi connectivity index (χ0n) is 7.34. The summed E-state index contributed by atoms with van der Waals surface area (Å²) in [6.45, 7) is 2.18. The minimum absolute atomic E-state index is 0.323. The Morgan fingerprint density at radius 1 is 1.58 bits per heavy atom. The van der Waals surface area contributed by atoms with E-state index in [1.165, 1.54) is 0 Å². The van der Waals surface area contributed by atoms with Crippen LogP contribution in [0.15, 0.2) is 0 Å². The van der Waals surface area contributed by atoms with Gasteiger partial charge in [0.2, 0.25) is 0 Å². The van der Waals surface area contributed by atoms with Crippen molar-refractivity contribution in [2.24, 2.45) is 11.7 Å². The molecule has 3 N–H and O–H groups in total. The lowest BCUT2D eigenvalue weighted by atomic mass is 10.00. The van der Waals surface area contributed by atoms with Crippen LogP contribution in [0.2, 0.25) is 0 Å². The SMILES string of the molecule is CC#CCCC(CCN)C(=O)O. The van der Waals surface area contributed by atoms with Gasteiger partial charge in [-0.2, -0.15) is 0 Å². The van der Waals surface area contributed by atoms with Crippen molar-refractivity contribution in [2.75, 3.05) is 6.54 Å². The van der Waals surface area contributed by atoms with Crippen molar-refractivity contribution in [1.82, 2.24) is 0 Å². The number of nitrogens with two attached hydrogens (primary N) is 1. The third-order valence-corrected chi connectivity index (χ3v) is 1.66. The van der Waals surface area contributed by atoms with Gasteiger partial charge in [0.1, 0.15) is 0 Å². The van der Waals surface area contributed by atoms with Crippen LogP contribution < -0.4 is 5.73 Å². The van der Waals surface area contributed by atoms with E-state index in [9.17, 15) is 4.79 Å². The highest BCUT2D eigenvalue weighted by Crippen LogP contribution is 2.09. The van der Waals surface area contributed by atoms with Gasteiger partial charge in [0.15, 0.2) is 0 Å². The van der Waals surface area contributed by atoms with Gasteiger partial charge in [0.05, 0.1) is 5.92 Å². The number of carboxylic acids is 1. The monoisotopic (exact) mass is 169 g/mol. The standard InChI is InChI=1S/C9H15NO2/c1-2-3-4-5-8(6-7-10)9(11)12/h8H,4-7,10H2,1H3,(H,11,12). The van der Waals surface area contributed by atoms with Crippen molar-refractivity contribution < 1.29 is 9.90 Å². The predicted molar refractivity (Wildman–Crippen MR) is 47.5 cm³/mol. The fourth-order valence-electron chi connectivity index (χ4n) is 0.964. The van der Waals surface area contributed by atoms with E-state index >= 15 is 0 Å². The average Bonchev–Trinajstić information content (AvgIpc) is 2.03. The fraction of sp³-hybridized carbons (Fsp3) is 0.667. The molecule has 0 radical (unpaired) electrons. The van der Waals surface area contributed by atoms with Crippen LogP contribution in [0.25, 0.3) is 0 Å². The Labute approximate surface area is 73.0 Å². The van der Waals surface area contributed by atoms with Gasteiger partial charge in [-0.15, -0.1) is 11.8 Å². The Kier molecular flexibility index (Phi) is 6.12. The Hall–Kier alpha value is -1.01. The summed E-state index contributed by atoms with van der Waals surface area (Å²) in [5.41, 5.74) is 5.27. The zero-order chi connectivity index (χ0) is 9.40. The van der Waals surface area contributed by atoms with Crippen LogP contribution in [0.5, 0.6) is 0 Å². The Morgan fingerprint density at radius 2 is 2.25 bits per heavy atom. The molecule has 0 aliphatic rings. The van der Waals surface area contributed by atoms with Gasteiger partial charge in [0.25, 0.3) is 0 Å². The highest BCUT2D eigenvalue weighted by atomic mass is 16.4. The first-order valence-corrected chi connectivity index (χ1v) is 4.04. The summed E-state index contributed by atoms with van der Waals surface area (Å²) >= 11 is 0. The van der Waals surface area contributed by atoms with Crippen molar-refractivity contribution in [3.8, 4) is 11.8 Å². The van der Waals surface area contributed by atoms with E-state index in [-0.39, 0.29) is 5.92 Å². The molecular weight excluding hydrogens is 154 g/mol. The van der Waals surface area contributed by atoms with Gasteiger partial charge in [-0.05, 0) is 26.3 Å². The predicted octanol–water partition coefficient (Wildman–Crippen LogP) is 0.840. The lowest BCUT2D eigenvalue weighted by molar-refractivity contribution is -0.142. The lowest BCUT2D eigenvalue weighted by Crippen LogP contribution is -2.17. The van der Waals surface area contributed by atoms with E-state index in [4.69, 9.17) is 10.8 Å². The molecule has 0 saturated heterocycles. The smallest absolute Gasteiger partial charge is 0.306 e. The molecule has 12 heavy (non-hydrogen) atoms. The molecule has 3 heteroatoms. The molecule has 1 atom stereocenters. The van der Waals surface area contributed by atoms with Gasteiger partial charge in [-0.25, -0.2) is 0 Å². The van der Waals surface area contributed by atoms with Crippen LogP contribution in [0.3, 0.4) is 0 Å². The van der Waals surface area contributed by atoms with Gasteiger partial charge in [-0.1, -0.05) is 0 Å². The third kappa shape index (κ3) is 4.75. The van der Waals surface area contributed by atoms with E-state index in [0.717, 1.165) is 0 Å². The largest absolute Gasteiger partial charge is 0.481 e. The average molecular weight is 169 g/mol. The second-order valence-corrected chi connectivity index (χ2v) is 2.58. The first-order chi connectivity index (χ1) is 5.72. The second-order valence-electron chi connectivity index (χ2n) is 2.58.